The van der Waals surface area contributed by atoms with E-state index >= 15 is 0 Å². The van der Waals surface area contributed by atoms with Crippen LogP contribution in [-0.4, -0.2) is 43.3 Å². The number of hydrogen-bond donors (Lipinski definition) is 1. The minimum atomic E-state index is -0.292. The number of carbonyl (C=O) groups is 1. The predicted octanol–water partition coefficient (Wildman–Crippen LogP) is 6.33. The van der Waals surface area contributed by atoms with Crippen LogP contribution in [0.2, 0.25) is 0 Å². The van der Waals surface area contributed by atoms with Gasteiger partial charge in [0, 0.05) is 41.6 Å². The van der Waals surface area contributed by atoms with Crippen LogP contribution in [0.3, 0.4) is 0 Å². The summed E-state index contributed by atoms with van der Waals surface area (Å²) in [6.45, 7) is 13.0. The second kappa shape index (κ2) is 10.3. The summed E-state index contributed by atoms with van der Waals surface area (Å²) in [7, 11) is 1.56. The largest absolute Gasteiger partial charge is 0.495 e. The van der Waals surface area contributed by atoms with Gasteiger partial charge in [-0.1, -0.05) is 36.4 Å². The second-order valence-electron chi connectivity index (χ2n) is 9.23. The lowest BCUT2D eigenvalue weighted by Gasteiger charge is -2.36. The molecule has 2 heterocycles. The van der Waals surface area contributed by atoms with Crippen molar-refractivity contribution in [1.29, 1.82) is 0 Å². The van der Waals surface area contributed by atoms with Gasteiger partial charge in [-0.3, -0.25) is 9.78 Å². The molecule has 7 heteroatoms. The zero-order valence-corrected chi connectivity index (χ0v) is 21.1. The number of morpholine rings is 1. The van der Waals surface area contributed by atoms with Crippen molar-refractivity contribution in [2.75, 3.05) is 30.4 Å². The summed E-state index contributed by atoms with van der Waals surface area (Å²) in [4.78, 5) is 23.6. The van der Waals surface area contributed by atoms with Crippen molar-refractivity contribution >= 4 is 33.9 Å². The van der Waals surface area contributed by atoms with Crippen molar-refractivity contribution in [3.63, 3.8) is 0 Å². The number of hydrogen-bond acceptors (Lipinski definition) is 5. The third-order valence-electron chi connectivity index (χ3n) is 6.51. The lowest BCUT2D eigenvalue weighted by molar-refractivity contribution is -0.00521. The second-order valence-corrected chi connectivity index (χ2v) is 9.23. The topological polar surface area (TPSA) is 68.0 Å². The maximum atomic E-state index is 13.2. The normalized spacial score (nSPS) is 17.3. The number of nitrogens with zero attached hydrogens (tertiary/aromatic N) is 3. The summed E-state index contributed by atoms with van der Waals surface area (Å²) in [5.74, 6) is 0.175. The molecule has 1 aliphatic rings. The Labute approximate surface area is 216 Å². The number of anilines is 2. The Morgan fingerprint density at radius 2 is 1.76 bits per heavy atom. The van der Waals surface area contributed by atoms with Crippen LogP contribution in [0.15, 0.2) is 72.9 Å². The number of rotatable bonds is 5. The Morgan fingerprint density at radius 1 is 1.05 bits per heavy atom. The summed E-state index contributed by atoms with van der Waals surface area (Å²) < 4.78 is 11.5. The van der Waals surface area contributed by atoms with E-state index in [0.29, 0.717) is 22.7 Å². The number of amides is 1. The van der Waals surface area contributed by atoms with Crippen LogP contribution >= 0.6 is 0 Å². The molecule has 1 aromatic heterocycles. The molecule has 0 unspecified atom stereocenters. The SMILES string of the molecule is [C-]#[N+]c1ccc(-c2cccc3c(OC)c(C(=O)Nc4ccc(N5C[C@@H](C)O[C@@H](C)C5)cc4)cnc23)cc1. The number of ether oxygens (including phenoxy) is 2. The van der Waals surface area contributed by atoms with Crippen molar-refractivity contribution < 1.29 is 14.3 Å². The van der Waals surface area contributed by atoms with Gasteiger partial charge in [-0.2, -0.15) is 0 Å². The first-order chi connectivity index (χ1) is 18.0. The molecule has 0 aliphatic carbocycles. The number of methoxy groups -OCH3 is 1. The highest BCUT2D eigenvalue weighted by atomic mass is 16.5. The highest BCUT2D eigenvalue weighted by Gasteiger charge is 2.23. The monoisotopic (exact) mass is 492 g/mol. The van der Waals surface area contributed by atoms with Crippen LogP contribution in [0, 0.1) is 6.57 Å². The molecule has 0 saturated carbocycles. The average molecular weight is 493 g/mol. The molecule has 3 aromatic carbocycles. The highest BCUT2D eigenvalue weighted by molar-refractivity contribution is 6.10. The maximum Gasteiger partial charge on any atom is 0.261 e. The zero-order valence-electron chi connectivity index (χ0n) is 21.1. The van der Waals surface area contributed by atoms with Crippen molar-refractivity contribution in [3.05, 3.63) is 89.9 Å². The molecule has 1 saturated heterocycles. The van der Waals surface area contributed by atoms with E-state index in [1.807, 2.05) is 54.6 Å². The number of aromatic nitrogens is 1. The molecule has 0 bridgehead atoms. The molecule has 0 spiro atoms. The van der Waals surface area contributed by atoms with E-state index < -0.39 is 0 Å². The van der Waals surface area contributed by atoms with Gasteiger partial charge >= 0.3 is 0 Å². The maximum absolute atomic E-state index is 13.2. The fourth-order valence-electron chi connectivity index (χ4n) is 4.87. The van der Waals surface area contributed by atoms with E-state index in [1.165, 1.54) is 0 Å². The molecule has 37 heavy (non-hydrogen) atoms. The summed E-state index contributed by atoms with van der Waals surface area (Å²) >= 11 is 0. The summed E-state index contributed by atoms with van der Waals surface area (Å²) in [5, 5.41) is 3.72. The minimum Gasteiger partial charge on any atom is -0.495 e. The first-order valence-electron chi connectivity index (χ1n) is 12.2. The van der Waals surface area contributed by atoms with E-state index in [9.17, 15) is 4.79 Å². The molecular formula is C30H28N4O3. The number of para-hydroxylation sites is 1. The van der Waals surface area contributed by atoms with Crippen LogP contribution < -0.4 is 15.0 Å². The Balaban J connectivity index is 1.40. The molecular weight excluding hydrogens is 464 g/mol. The third-order valence-corrected chi connectivity index (χ3v) is 6.51. The van der Waals surface area contributed by atoms with Crippen LogP contribution in [0.5, 0.6) is 5.75 Å². The van der Waals surface area contributed by atoms with E-state index in [0.717, 1.165) is 40.8 Å². The molecule has 5 rings (SSSR count). The van der Waals surface area contributed by atoms with Crippen LogP contribution in [0.1, 0.15) is 24.2 Å². The van der Waals surface area contributed by atoms with Gasteiger partial charge in [0.15, 0.2) is 5.69 Å². The van der Waals surface area contributed by atoms with Gasteiger partial charge in [0.1, 0.15) is 11.3 Å². The molecule has 4 aromatic rings. The van der Waals surface area contributed by atoms with Crippen molar-refractivity contribution in [1.82, 2.24) is 4.98 Å². The summed E-state index contributed by atoms with van der Waals surface area (Å²) in [6.07, 6.45) is 1.91. The lowest BCUT2D eigenvalue weighted by atomic mass is 10.00. The highest BCUT2D eigenvalue weighted by Crippen LogP contribution is 2.35. The smallest absolute Gasteiger partial charge is 0.261 e. The first kappa shape index (κ1) is 24.3. The fourth-order valence-corrected chi connectivity index (χ4v) is 4.87. The third kappa shape index (κ3) is 4.97. The van der Waals surface area contributed by atoms with Gasteiger partial charge in [-0.05, 0) is 49.7 Å². The van der Waals surface area contributed by atoms with Gasteiger partial charge in [0.25, 0.3) is 5.91 Å². The number of carbonyl (C=O) groups excluding carboxylic acids is 1. The quantitative estimate of drug-likeness (QED) is 0.330. The first-order valence-corrected chi connectivity index (χ1v) is 12.2. The molecule has 7 nitrogen and oxygen atoms in total. The summed E-state index contributed by atoms with van der Waals surface area (Å²) in [6, 6.07) is 21.0. The van der Waals surface area contributed by atoms with E-state index in [-0.39, 0.29) is 18.1 Å². The zero-order chi connectivity index (χ0) is 25.9. The molecule has 0 radical (unpaired) electrons. The van der Waals surface area contributed by atoms with Crippen LogP contribution in [0.4, 0.5) is 17.1 Å². The van der Waals surface area contributed by atoms with E-state index in [2.05, 4.69) is 33.9 Å². The molecule has 1 aliphatic heterocycles. The molecule has 186 valence electrons. The molecule has 1 N–H and O–H groups in total. The average Bonchev–Trinajstić information content (AvgIpc) is 2.92. The molecule has 1 fully saturated rings. The minimum absolute atomic E-state index is 0.176. The standard InChI is InChI=1S/C30H28N4O3/c1-19-17-34(18-20(2)37-19)24-14-12-23(13-15-24)33-30(35)27-16-32-28-25(6-5-7-26(28)29(27)36-4)21-8-10-22(31-3)11-9-21/h5-16,19-20H,17-18H2,1-2,4H3,(H,33,35)/t19-,20+. The molecule has 2 atom stereocenters. The number of benzene rings is 3. The van der Waals surface area contributed by atoms with Gasteiger partial charge in [-0.15, -0.1) is 0 Å². The van der Waals surface area contributed by atoms with Crippen molar-refractivity contribution in [3.8, 4) is 16.9 Å². The van der Waals surface area contributed by atoms with Crippen molar-refractivity contribution in [2.45, 2.75) is 26.1 Å². The number of pyridine rings is 1. The van der Waals surface area contributed by atoms with Crippen molar-refractivity contribution in [2.24, 2.45) is 0 Å². The fraction of sp³-hybridized carbons (Fsp3) is 0.233. The van der Waals surface area contributed by atoms with E-state index in [1.54, 1.807) is 25.4 Å². The van der Waals surface area contributed by atoms with Gasteiger partial charge in [-0.25, -0.2) is 4.85 Å². The Morgan fingerprint density at radius 3 is 2.41 bits per heavy atom. The van der Waals surface area contributed by atoms with Crippen LogP contribution in [-0.2, 0) is 4.74 Å². The van der Waals surface area contributed by atoms with Gasteiger partial charge < -0.3 is 19.7 Å². The van der Waals surface area contributed by atoms with E-state index in [4.69, 9.17) is 16.0 Å². The molecule has 1 amide bonds. The lowest BCUT2D eigenvalue weighted by Crippen LogP contribution is -2.45. The van der Waals surface area contributed by atoms with Gasteiger partial charge in [0.05, 0.1) is 31.4 Å². The Hall–Kier alpha value is -4.41. The van der Waals surface area contributed by atoms with Crippen LogP contribution in [0.25, 0.3) is 26.9 Å². The Kier molecular flexibility index (Phi) is 6.76. The number of nitrogens with one attached hydrogen (secondary N) is 1. The summed E-state index contributed by atoms with van der Waals surface area (Å²) in [5.41, 5.74) is 5.30. The van der Waals surface area contributed by atoms with Gasteiger partial charge in [0.2, 0.25) is 0 Å². The number of fused-ring (bicyclic) bond motifs is 1. The predicted molar refractivity (Wildman–Crippen MR) is 147 cm³/mol. The Bertz CT molecular complexity index is 1470.